The number of benzene rings is 1. The predicted molar refractivity (Wildman–Crippen MR) is 72.0 cm³/mol. The van der Waals surface area contributed by atoms with Crippen LogP contribution in [0, 0.1) is 0 Å². The Bertz CT molecular complexity index is 363. The van der Waals surface area contributed by atoms with Crippen molar-refractivity contribution in [2.24, 2.45) is 10.9 Å². The van der Waals surface area contributed by atoms with Crippen LogP contribution in [0.25, 0.3) is 0 Å². The fraction of sp³-hybridized carbons (Fsp3) is 0.417. The summed E-state index contributed by atoms with van der Waals surface area (Å²) in [5.74, 6) is 1.87. The molecule has 1 aromatic rings. The van der Waals surface area contributed by atoms with Crippen LogP contribution < -0.4 is 10.5 Å². The maximum Gasteiger partial charge on any atom is 0.170 e. The van der Waals surface area contributed by atoms with Gasteiger partial charge in [-0.2, -0.15) is 11.8 Å². The molecule has 0 aliphatic carbocycles. The van der Waals surface area contributed by atoms with Gasteiger partial charge in [-0.15, -0.1) is 0 Å². The van der Waals surface area contributed by atoms with E-state index in [-0.39, 0.29) is 5.84 Å². The molecule has 94 valence electrons. The molecule has 0 aliphatic heterocycles. The van der Waals surface area contributed by atoms with E-state index in [4.69, 9.17) is 15.7 Å². The van der Waals surface area contributed by atoms with E-state index in [2.05, 4.69) is 19.0 Å². The van der Waals surface area contributed by atoms with E-state index >= 15 is 0 Å². The summed E-state index contributed by atoms with van der Waals surface area (Å²) in [7, 11) is 0. The Hall–Kier alpha value is -1.36. The molecule has 17 heavy (non-hydrogen) atoms. The van der Waals surface area contributed by atoms with E-state index in [0.29, 0.717) is 17.4 Å². The third kappa shape index (κ3) is 4.99. The summed E-state index contributed by atoms with van der Waals surface area (Å²) in [4.78, 5) is 0. The van der Waals surface area contributed by atoms with Gasteiger partial charge < -0.3 is 15.7 Å². The van der Waals surface area contributed by atoms with Crippen LogP contribution >= 0.6 is 11.8 Å². The first kappa shape index (κ1) is 13.7. The highest BCUT2D eigenvalue weighted by Gasteiger charge is 2.00. The smallest absolute Gasteiger partial charge is 0.170 e. The number of nitrogens with two attached hydrogens (primary N) is 1. The number of ether oxygens (including phenoxy) is 1. The average Bonchev–Trinajstić information content (AvgIpc) is 2.34. The lowest BCUT2D eigenvalue weighted by atomic mass is 10.2. The van der Waals surface area contributed by atoms with E-state index in [1.165, 1.54) is 0 Å². The Morgan fingerprint density at radius 3 is 2.59 bits per heavy atom. The van der Waals surface area contributed by atoms with E-state index in [0.717, 1.165) is 11.5 Å². The van der Waals surface area contributed by atoms with Crippen LogP contribution in [-0.4, -0.2) is 28.7 Å². The third-order valence-electron chi connectivity index (χ3n) is 2.06. The Morgan fingerprint density at radius 1 is 1.41 bits per heavy atom. The molecule has 1 rings (SSSR count). The number of rotatable bonds is 6. The maximum absolute atomic E-state index is 8.51. The molecule has 0 saturated carbocycles. The average molecular weight is 254 g/mol. The van der Waals surface area contributed by atoms with Crippen molar-refractivity contribution in [3.05, 3.63) is 29.8 Å². The van der Waals surface area contributed by atoms with Gasteiger partial charge in [-0.1, -0.05) is 19.0 Å². The second kappa shape index (κ2) is 7.06. The minimum absolute atomic E-state index is 0.104. The molecule has 5 heteroatoms. The summed E-state index contributed by atoms with van der Waals surface area (Å²) in [5, 5.41) is 12.1. The lowest BCUT2D eigenvalue weighted by Gasteiger charge is -2.08. The largest absolute Gasteiger partial charge is 0.493 e. The number of amidine groups is 1. The van der Waals surface area contributed by atoms with E-state index in [9.17, 15) is 0 Å². The third-order valence-corrected chi connectivity index (χ3v) is 3.13. The summed E-state index contributed by atoms with van der Waals surface area (Å²) >= 11 is 1.86. The summed E-state index contributed by atoms with van der Waals surface area (Å²) in [6.45, 7) is 5.01. The fourth-order valence-electron chi connectivity index (χ4n) is 1.22. The van der Waals surface area contributed by atoms with Crippen LogP contribution in [0.4, 0.5) is 0 Å². The zero-order chi connectivity index (χ0) is 12.7. The Balaban J connectivity index is 2.41. The van der Waals surface area contributed by atoms with Gasteiger partial charge in [-0.3, -0.25) is 0 Å². The van der Waals surface area contributed by atoms with Gasteiger partial charge in [0, 0.05) is 11.3 Å². The molecular formula is C12H18N2O2S. The van der Waals surface area contributed by atoms with E-state index in [1.54, 1.807) is 12.1 Å². The van der Waals surface area contributed by atoms with Crippen LogP contribution in [0.2, 0.25) is 0 Å². The molecule has 0 radical (unpaired) electrons. The second-order valence-corrected chi connectivity index (χ2v) is 5.46. The van der Waals surface area contributed by atoms with Gasteiger partial charge in [0.15, 0.2) is 5.84 Å². The van der Waals surface area contributed by atoms with Crippen molar-refractivity contribution in [1.29, 1.82) is 0 Å². The van der Waals surface area contributed by atoms with Crippen molar-refractivity contribution in [2.45, 2.75) is 19.1 Å². The molecule has 0 amide bonds. The minimum Gasteiger partial charge on any atom is -0.493 e. The highest BCUT2D eigenvalue weighted by Crippen LogP contribution is 2.14. The molecule has 0 aromatic heterocycles. The first-order chi connectivity index (χ1) is 8.13. The van der Waals surface area contributed by atoms with Crippen LogP contribution in [0.3, 0.4) is 0 Å². The number of hydrogen-bond donors (Lipinski definition) is 2. The number of thioether (sulfide) groups is 1. The Labute approximate surface area is 106 Å². The maximum atomic E-state index is 8.51. The first-order valence-corrected chi connectivity index (χ1v) is 6.50. The summed E-state index contributed by atoms with van der Waals surface area (Å²) in [6.07, 6.45) is 0. The monoisotopic (exact) mass is 254 g/mol. The summed E-state index contributed by atoms with van der Waals surface area (Å²) in [6, 6.07) is 7.15. The molecule has 0 heterocycles. The molecule has 0 saturated heterocycles. The van der Waals surface area contributed by atoms with Gasteiger partial charge in [-0.05, 0) is 29.5 Å². The van der Waals surface area contributed by atoms with E-state index in [1.807, 2.05) is 23.9 Å². The second-order valence-electron chi connectivity index (χ2n) is 3.78. The standard InChI is InChI=1S/C12H18N2O2S/c1-9(2)17-8-7-16-11-5-3-10(4-6-11)12(13)14-15/h3-6,9,15H,7-8H2,1-2H3,(H2,13,14). The van der Waals surface area contributed by atoms with Gasteiger partial charge in [0.1, 0.15) is 5.75 Å². The van der Waals surface area contributed by atoms with Gasteiger partial charge in [-0.25, -0.2) is 0 Å². The van der Waals surface area contributed by atoms with Crippen LogP contribution in [0.1, 0.15) is 19.4 Å². The van der Waals surface area contributed by atoms with Crippen molar-refractivity contribution in [2.75, 3.05) is 12.4 Å². The lowest BCUT2D eigenvalue weighted by Crippen LogP contribution is -2.12. The molecule has 1 aromatic carbocycles. The fourth-order valence-corrected chi connectivity index (χ4v) is 1.87. The Morgan fingerprint density at radius 2 is 2.06 bits per heavy atom. The number of hydrogen-bond acceptors (Lipinski definition) is 4. The highest BCUT2D eigenvalue weighted by molar-refractivity contribution is 7.99. The topological polar surface area (TPSA) is 67.8 Å². The molecule has 3 N–H and O–H groups in total. The number of oxime groups is 1. The molecule has 0 unspecified atom stereocenters. The molecule has 0 atom stereocenters. The van der Waals surface area contributed by atoms with Gasteiger partial charge in [0.05, 0.1) is 6.61 Å². The van der Waals surface area contributed by atoms with Crippen LogP contribution in [-0.2, 0) is 0 Å². The molecule has 0 bridgehead atoms. The van der Waals surface area contributed by atoms with Crippen molar-refractivity contribution in [1.82, 2.24) is 0 Å². The van der Waals surface area contributed by atoms with Crippen LogP contribution in [0.15, 0.2) is 29.4 Å². The van der Waals surface area contributed by atoms with Crippen molar-refractivity contribution in [3.63, 3.8) is 0 Å². The summed E-state index contributed by atoms with van der Waals surface area (Å²) < 4.78 is 5.56. The normalized spacial score (nSPS) is 11.8. The molecule has 4 nitrogen and oxygen atoms in total. The predicted octanol–water partition coefficient (Wildman–Crippen LogP) is 2.30. The van der Waals surface area contributed by atoms with E-state index < -0.39 is 0 Å². The zero-order valence-corrected chi connectivity index (χ0v) is 10.9. The van der Waals surface area contributed by atoms with Crippen molar-refractivity contribution in [3.8, 4) is 5.75 Å². The first-order valence-electron chi connectivity index (χ1n) is 5.46. The van der Waals surface area contributed by atoms with Gasteiger partial charge >= 0.3 is 0 Å². The quantitative estimate of drug-likeness (QED) is 0.269. The minimum atomic E-state index is 0.104. The molecule has 0 aliphatic rings. The highest BCUT2D eigenvalue weighted by atomic mass is 32.2. The molecule has 0 spiro atoms. The van der Waals surface area contributed by atoms with Gasteiger partial charge in [0.2, 0.25) is 0 Å². The Kier molecular flexibility index (Phi) is 5.69. The lowest BCUT2D eigenvalue weighted by molar-refractivity contribution is 0.318. The van der Waals surface area contributed by atoms with Gasteiger partial charge in [0.25, 0.3) is 0 Å². The van der Waals surface area contributed by atoms with Crippen molar-refractivity contribution < 1.29 is 9.94 Å². The summed E-state index contributed by atoms with van der Waals surface area (Å²) in [5.41, 5.74) is 6.13. The zero-order valence-electron chi connectivity index (χ0n) is 10.1. The SMILES string of the molecule is CC(C)SCCOc1ccc(/C(N)=N/O)cc1. The van der Waals surface area contributed by atoms with Crippen LogP contribution in [0.5, 0.6) is 5.75 Å². The van der Waals surface area contributed by atoms with Crippen molar-refractivity contribution >= 4 is 17.6 Å². The molecular weight excluding hydrogens is 236 g/mol. The number of nitrogens with zero attached hydrogens (tertiary/aromatic N) is 1. The molecule has 0 fully saturated rings.